The molecule has 0 bridgehead atoms. The normalized spacial score (nSPS) is 25.4. The molecule has 0 saturated carbocycles. The smallest absolute Gasteiger partial charge is 0.272 e. The van der Waals surface area contributed by atoms with E-state index in [1.807, 2.05) is 20.8 Å². The summed E-state index contributed by atoms with van der Waals surface area (Å²) in [6, 6.07) is 0.248. The van der Waals surface area contributed by atoms with E-state index in [1.165, 1.54) is 4.90 Å². The SMILES string of the molecule is CC(C)(C)C(=O)NC1CC[NH+](CC(N)=O)CC1. The second kappa shape index (κ2) is 5.49. The second-order valence-electron chi connectivity index (χ2n) is 5.89. The van der Waals surface area contributed by atoms with Crippen molar-refractivity contribution in [3.8, 4) is 0 Å². The van der Waals surface area contributed by atoms with Gasteiger partial charge < -0.3 is 16.0 Å². The number of amides is 2. The van der Waals surface area contributed by atoms with Crippen molar-refractivity contribution in [2.75, 3.05) is 19.6 Å². The van der Waals surface area contributed by atoms with Gasteiger partial charge in [0.2, 0.25) is 5.91 Å². The molecule has 0 radical (unpaired) electrons. The fourth-order valence-corrected chi connectivity index (χ4v) is 2.00. The Balaban J connectivity index is 2.33. The molecule has 0 aromatic heterocycles. The molecule has 0 aliphatic carbocycles. The van der Waals surface area contributed by atoms with Gasteiger partial charge in [-0.05, 0) is 0 Å². The van der Waals surface area contributed by atoms with Crippen LogP contribution < -0.4 is 16.0 Å². The molecular weight excluding hydrogens is 218 g/mol. The highest BCUT2D eigenvalue weighted by atomic mass is 16.2. The van der Waals surface area contributed by atoms with Gasteiger partial charge in [-0.1, -0.05) is 20.8 Å². The van der Waals surface area contributed by atoms with Crippen LogP contribution in [0.2, 0.25) is 0 Å². The zero-order valence-electron chi connectivity index (χ0n) is 11.0. The average molecular weight is 242 g/mol. The summed E-state index contributed by atoms with van der Waals surface area (Å²) in [7, 11) is 0. The summed E-state index contributed by atoms with van der Waals surface area (Å²) in [6.07, 6.45) is 1.84. The van der Waals surface area contributed by atoms with Gasteiger partial charge in [0, 0.05) is 24.3 Å². The molecule has 5 heteroatoms. The topological polar surface area (TPSA) is 76.6 Å². The lowest BCUT2D eigenvalue weighted by molar-refractivity contribution is -0.897. The lowest BCUT2D eigenvalue weighted by Gasteiger charge is -2.30. The molecule has 2 amide bonds. The molecule has 17 heavy (non-hydrogen) atoms. The predicted molar refractivity (Wildman–Crippen MR) is 65.4 cm³/mol. The third-order valence-electron chi connectivity index (χ3n) is 3.13. The van der Waals surface area contributed by atoms with Crippen LogP contribution in [0, 0.1) is 5.41 Å². The van der Waals surface area contributed by atoms with Gasteiger partial charge in [0.1, 0.15) is 0 Å². The van der Waals surface area contributed by atoms with Gasteiger partial charge in [0.25, 0.3) is 5.91 Å². The highest BCUT2D eigenvalue weighted by Crippen LogP contribution is 2.14. The Hall–Kier alpha value is -1.10. The zero-order chi connectivity index (χ0) is 13.1. The van der Waals surface area contributed by atoms with Crippen LogP contribution in [0.3, 0.4) is 0 Å². The van der Waals surface area contributed by atoms with Crippen molar-refractivity contribution in [3.05, 3.63) is 0 Å². The van der Waals surface area contributed by atoms with Crippen molar-refractivity contribution < 1.29 is 14.5 Å². The number of hydrogen-bond acceptors (Lipinski definition) is 2. The molecule has 5 nitrogen and oxygen atoms in total. The lowest BCUT2D eigenvalue weighted by atomic mass is 9.94. The van der Waals surface area contributed by atoms with E-state index in [9.17, 15) is 9.59 Å². The van der Waals surface area contributed by atoms with Crippen LogP contribution in [0.4, 0.5) is 0 Å². The minimum atomic E-state index is -0.336. The maximum Gasteiger partial charge on any atom is 0.272 e. The first kappa shape index (κ1) is 14.0. The first-order valence-electron chi connectivity index (χ1n) is 6.22. The third-order valence-corrected chi connectivity index (χ3v) is 3.13. The van der Waals surface area contributed by atoms with Gasteiger partial charge in [0.15, 0.2) is 6.54 Å². The van der Waals surface area contributed by atoms with Crippen molar-refractivity contribution in [2.45, 2.75) is 39.7 Å². The lowest BCUT2D eigenvalue weighted by Crippen LogP contribution is -3.14. The summed E-state index contributed by atoms with van der Waals surface area (Å²) in [5.41, 5.74) is 4.83. The van der Waals surface area contributed by atoms with Crippen LogP contribution in [0.25, 0.3) is 0 Å². The van der Waals surface area contributed by atoms with Crippen molar-refractivity contribution >= 4 is 11.8 Å². The molecule has 1 heterocycles. The average Bonchev–Trinajstić information content (AvgIpc) is 2.18. The Bertz CT molecular complexity index is 289. The minimum absolute atomic E-state index is 0.0980. The van der Waals surface area contributed by atoms with E-state index in [0.717, 1.165) is 25.9 Å². The van der Waals surface area contributed by atoms with Crippen molar-refractivity contribution in [1.29, 1.82) is 0 Å². The monoisotopic (exact) mass is 242 g/mol. The van der Waals surface area contributed by atoms with Crippen LogP contribution in [-0.4, -0.2) is 37.5 Å². The Morgan fingerprint density at radius 1 is 1.29 bits per heavy atom. The quantitative estimate of drug-likeness (QED) is 0.574. The van der Waals surface area contributed by atoms with E-state index in [2.05, 4.69) is 5.32 Å². The summed E-state index contributed by atoms with van der Waals surface area (Å²) in [4.78, 5) is 23.8. The Kier molecular flexibility index (Phi) is 4.51. The van der Waals surface area contributed by atoms with Crippen LogP contribution in [0.15, 0.2) is 0 Å². The molecule has 1 fully saturated rings. The Morgan fingerprint density at radius 2 is 1.82 bits per heavy atom. The number of nitrogens with one attached hydrogen (secondary N) is 2. The number of quaternary nitrogens is 1. The summed E-state index contributed by atoms with van der Waals surface area (Å²) in [5.74, 6) is -0.155. The Morgan fingerprint density at radius 3 is 2.24 bits per heavy atom. The van der Waals surface area contributed by atoms with Crippen molar-refractivity contribution in [3.63, 3.8) is 0 Å². The van der Waals surface area contributed by atoms with Crippen LogP contribution in [0.5, 0.6) is 0 Å². The number of rotatable bonds is 3. The molecule has 1 aliphatic heterocycles. The van der Waals surface area contributed by atoms with Gasteiger partial charge in [-0.25, -0.2) is 0 Å². The molecular formula is C12H24N3O2+. The zero-order valence-corrected chi connectivity index (χ0v) is 11.0. The second-order valence-corrected chi connectivity index (χ2v) is 5.89. The molecule has 1 aliphatic rings. The first-order chi connectivity index (χ1) is 7.79. The van der Waals surface area contributed by atoms with Gasteiger partial charge >= 0.3 is 0 Å². The number of nitrogens with two attached hydrogens (primary N) is 1. The summed E-state index contributed by atoms with van der Waals surface area (Å²) < 4.78 is 0. The minimum Gasteiger partial charge on any atom is -0.365 e. The molecule has 1 saturated heterocycles. The van der Waals surface area contributed by atoms with Gasteiger partial charge in [-0.15, -0.1) is 0 Å². The van der Waals surface area contributed by atoms with Crippen molar-refractivity contribution in [1.82, 2.24) is 5.32 Å². The molecule has 4 N–H and O–H groups in total. The van der Waals surface area contributed by atoms with E-state index >= 15 is 0 Å². The van der Waals surface area contributed by atoms with E-state index in [4.69, 9.17) is 5.73 Å². The maximum atomic E-state index is 11.8. The molecule has 0 atom stereocenters. The number of primary amides is 1. The molecule has 98 valence electrons. The summed E-state index contributed by atoms with van der Waals surface area (Å²) >= 11 is 0. The van der Waals surface area contributed by atoms with Gasteiger partial charge in [0.05, 0.1) is 13.1 Å². The van der Waals surface area contributed by atoms with E-state index < -0.39 is 0 Å². The van der Waals surface area contributed by atoms with Crippen LogP contribution in [0.1, 0.15) is 33.6 Å². The number of likely N-dealkylation sites (tertiary alicyclic amines) is 1. The molecule has 0 aromatic carbocycles. The van der Waals surface area contributed by atoms with Gasteiger partial charge in [-0.3, -0.25) is 9.59 Å². The standard InChI is InChI=1S/C12H23N3O2/c1-12(2,3)11(17)14-9-4-6-15(7-5-9)8-10(13)16/h9H,4-8H2,1-3H3,(H2,13,16)(H,14,17)/p+1. The van der Waals surface area contributed by atoms with E-state index in [-0.39, 0.29) is 23.3 Å². The van der Waals surface area contributed by atoms with Crippen LogP contribution >= 0.6 is 0 Å². The van der Waals surface area contributed by atoms with Gasteiger partial charge in [-0.2, -0.15) is 0 Å². The van der Waals surface area contributed by atoms with Crippen LogP contribution in [-0.2, 0) is 9.59 Å². The number of piperidine rings is 1. The number of carbonyl (C=O) groups excluding carboxylic acids is 2. The fraction of sp³-hybridized carbons (Fsp3) is 0.833. The first-order valence-corrected chi connectivity index (χ1v) is 6.22. The summed E-state index contributed by atoms with van der Waals surface area (Å²) in [5, 5.41) is 3.06. The predicted octanol–water partition coefficient (Wildman–Crippen LogP) is -1.32. The molecule has 0 spiro atoms. The highest BCUT2D eigenvalue weighted by molar-refractivity contribution is 5.81. The van der Waals surface area contributed by atoms with E-state index in [0.29, 0.717) is 6.54 Å². The molecule has 0 aromatic rings. The number of carbonyl (C=O) groups is 2. The largest absolute Gasteiger partial charge is 0.365 e. The third kappa shape index (κ3) is 4.73. The number of hydrogen-bond donors (Lipinski definition) is 3. The highest BCUT2D eigenvalue weighted by Gasteiger charge is 2.28. The fourth-order valence-electron chi connectivity index (χ4n) is 2.00. The maximum absolute atomic E-state index is 11.8. The Labute approximate surface area is 103 Å². The molecule has 1 rings (SSSR count). The summed E-state index contributed by atoms with van der Waals surface area (Å²) in [6.45, 7) is 7.94. The van der Waals surface area contributed by atoms with E-state index in [1.54, 1.807) is 0 Å². The van der Waals surface area contributed by atoms with Crippen molar-refractivity contribution in [2.24, 2.45) is 11.1 Å². The molecule has 0 unspecified atom stereocenters.